The first-order valence-corrected chi connectivity index (χ1v) is 5.88. The van der Waals surface area contributed by atoms with Crippen molar-refractivity contribution in [3.63, 3.8) is 0 Å². The molecule has 4 nitrogen and oxygen atoms in total. The summed E-state index contributed by atoms with van der Waals surface area (Å²) in [4.78, 5) is 15.8. The van der Waals surface area contributed by atoms with Crippen molar-refractivity contribution in [1.29, 1.82) is 0 Å². The van der Waals surface area contributed by atoms with E-state index in [4.69, 9.17) is 5.11 Å². The van der Waals surface area contributed by atoms with Crippen LogP contribution in [0.3, 0.4) is 0 Å². The van der Waals surface area contributed by atoms with Crippen molar-refractivity contribution in [2.45, 2.75) is 19.9 Å². The third-order valence-electron chi connectivity index (χ3n) is 2.45. The molecule has 2 N–H and O–H groups in total. The van der Waals surface area contributed by atoms with E-state index in [9.17, 15) is 4.79 Å². The van der Waals surface area contributed by atoms with Gasteiger partial charge in [-0.05, 0) is 40.9 Å². The van der Waals surface area contributed by atoms with E-state index in [0.29, 0.717) is 10.3 Å². The summed E-state index contributed by atoms with van der Waals surface area (Å²) in [6.07, 6.45) is 0. The number of hydrogen-bond acceptors (Lipinski definition) is 3. The zero-order chi connectivity index (χ0) is 12.1. The van der Waals surface area contributed by atoms with Gasteiger partial charge in [0.2, 0.25) is 0 Å². The molecule has 0 saturated carbocycles. The Hall–Kier alpha value is -0.940. The average Bonchev–Trinajstić information content (AvgIpc) is 2.27. The molecule has 2 atom stereocenters. The predicted octanol–water partition coefficient (Wildman–Crippen LogP) is 1.59. The molecule has 0 saturated heterocycles. The lowest BCUT2D eigenvalue weighted by Crippen LogP contribution is -2.38. The summed E-state index contributed by atoms with van der Waals surface area (Å²) in [5.41, 5.74) is 0.367. The zero-order valence-corrected chi connectivity index (χ0v) is 10.9. The van der Waals surface area contributed by atoms with Crippen molar-refractivity contribution in [3.05, 3.63) is 28.5 Å². The molecule has 0 radical (unpaired) electrons. The number of nitrogens with zero attached hydrogens (tertiary/aromatic N) is 1. The van der Waals surface area contributed by atoms with Gasteiger partial charge in [0, 0.05) is 12.6 Å². The van der Waals surface area contributed by atoms with Crippen LogP contribution in [0, 0.1) is 5.92 Å². The van der Waals surface area contributed by atoms with Gasteiger partial charge in [-0.3, -0.25) is 4.79 Å². The van der Waals surface area contributed by atoms with Crippen LogP contribution in [0.1, 0.15) is 24.3 Å². The van der Waals surface area contributed by atoms with Gasteiger partial charge in [-0.15, -0.1) is 0 Å². The molecule has 0 aliphatic rings. The number of aliphatic hydroxyl groups excluding tert-OH is 1. The van der Waals surface area contributed by atoms with Gasteiger partial charge in [0.1, 0.15) is 10.3 Å². The van der Waals surface area contributed by atoms with Gasteiger partial charge in [-0.1, -0.05) is 13.0 Å². The highest BCUT2D eigenvalue weighted by Crippen LogP contribution is 2.07. The Bertz CT molecular complexity index is 371. The second kappa shape index (κ2) is 5.96. The molecule has 16 heavy (non-hydrogen) atoms. The van der Waals surface area contributed by atoms with Crippen LogP contribution >= 0.6 is 15.9 Å². The molecule has 0 aliphatic carbocycles. The second-order valence-corrected chi connectivity index (χ2v) is 4.58. The fourth-order valence-corrected chi connectivity index (χ4v) is 1.46. The lowest BCUT2D eigenvalue weighted by atomic mass is 10.1. The van der Waals surface area contributed by atoms with E-state index in [1.54, 1.807) is 18.2 Å². The Balaban J connectivity index is 2.66. The lowest BCUT2D eigenvalue weighted by molar-refractivity contribution is 0.0911. The fraction of sp³-hybridized carbons (Fsp3) is 0.455. The minimum atomic E-state index is -0.228. The minimum Gasteiger partial charge on any atom is -0.396 e. The molecule has 2 unspecified atom stereocenters. The van der Waals surface area contributed by atoms with Crippen molar-refractivity contribution in [3.8, 4) is 0 Å². The number of carbonyl (C=O) groups is 1. The molecule has 1 amide bonds. The smallest absolute Gasteiger partial charge is 0.270 e. The Morgan fingerprint density at radius 3 is 2.81 bits per heavy atom. The van der Waals surface area contributed by atoms with Crippen LogP contribution in [0.15, 0.2) is 22.8 Å². The number of hydrogen-bond donors (Lipinski definition) is 2. The van der Waals surface area contributed by atoms with Gasteiger partial charge in [0.15, 0.2) is 0 Å². The maximum absolute atomic E-state index is 11.8. The fourth-order valence-electron chi connectivity index (χ4n) is 1.12. The summed E-state index contributed by atoms with van der Waals surface area (Å²) in [5, 5.41) is 11.8. The average molecular weight is 287 g/mol. The first kappa shape index (κ1) is 13.1. The summed E-state index contributed by atoms with van der Waals surface area (Å²) in [7, 11) is 0. The summed E-state index contributed by atoms with van der Waals surface area (Å²) < 4.78 is 0.628. The standard InChI is InChI=1S/C11H15BrN2O2/c1-7(6-15)8(2)13-11(16)9-4-3-5-10(12)14-9/h3-5,7-8,15H,6H2,1-2H3,(H,13,16). The Kier molecular flexibility index (Phi) is 4.89. The predicted molar refractivity (Wildman–Crippen MR) is 65.1 cm³/mol. The largest absolute Gasteiger partial charge is 0.396 e. The normalized spacial score (nSPS) is 14.2. The first-order valence-electron chi connectivity index (χ1n) is 5.09. The third-order valence-corrected chi connectivity index (χ3v) is 2.89. The monoisotopic (exact) mass is 286 g/mol. The van der Waals surface area contributed by atoms with Crippen LogP contribution < -0.4 is 5.32 Å². The van der Waals surface area contributed by atoms with E-state index in [1.165, 1.54) is 0 Å². The van der Waals surface area contributed by atoms with Crippen LogP contribution in [0.5, 0.6) is 0 Å². The van der Waals surface area contributed by atoms with Crippen molar-refractivity contribution in [1.82, 2.24) is 10.3 Å². The van der Waals surface area contributed by atoms with Crippen molar-refractivity contribution in [2.75, 3.05) is 6.61 Å². The molecular weight excluding hydrogens is 272 g/mol. The third kappa shape index (κ3) is 3.57. The maximum atomic E-state index is 11.8. The molecule has 1 aromatic heterocycles. The molecule has 88 valence electrons. The molecule has 0 fully saturated rings. The molecule has 1 aromatic rings. The van der Waals surface area contributed by atoms with E-state index in [-0.39, 0.29) is 24.5 Å². The highest BCUT2D eigenvalue weighted by atomic mass is 79.9. The topological polar surface area (TPSA) is 62.2 Å². The van der Waals surface area contributed by atoms with E-state index >= 15 is 0 Å². The van der Waals surface area contributed by atoms with Crippen LogP contribution in [0.2, 0.25) is 0 Å². The van der Waals surface area contributed by atoms with E-state index < -0.39 is 0 Å². The number of amides is 1. The molecule has 1 rings (SSSR count). The van der Waals surface area contributed by atoms with E-state index in [0.717, 1.165) is 0 Å². The molecule has 0 spiro atoms. The zero-order valence-electron chi connectivity index (χ0n) is 9.27. The number of pyridine rings is 1. The van der Waals surface area contributed by atoms with Gasteiger partial charge >= 0.3 is 0 Å². The maximum Gasteiger partial charge on any atom is 0.270 e. The summed E-state index contributed by atoms with van der Waals surface area (Å²) in [5.74, 6) is -0.204. The van der Waals surface area contributed by atoms with Crippen molar-refractivity contribution in [2.24, 2.45) is 5.92 Å². The molecule has 0 bridgehead atoms. The molecular formula is C11H15BrN2O2. The van der Waals surface area contributed by atoms with Gasteiger partial charge in [-0.25, -0.2) is 4.98 Å². The second-order valence-electron chi connectivity index (χ2n) is 3.77. The van der Waals surface area contributed by atoms with E-state index in [1.807, 2.05) is 13.8 Å². The number of aromatic nitrogens is 1. The number of nitrogens with one attached hydrogen (secondary N) is 1. The molecule has 1 heterocycles. The summed E-state index contributed by atoms with van der Waals surface area (Å²) in [6, 6.07) is 5.08. The molecule has 0 aliphatic heterocycles. The summed E-state index contributed by atoms with van der Waals surface area (Å²) in [6.45, 7) is 3.78. The Labute approximate surface area is 103 Å². The van der Waals surface area contributed by atoms with Gasteiger partial charge in [0.05, 0.1) is 0 Å². The molecule has 0 aromatic carbocycles. The SMILES string of the molecule is CC(CO)C(C)NC(=O)c1cccc(Br)n1. The minimum absolute atomic E-state index is 0.0242. The molecule has 5 heteroatoms. The van der Waals surface area contributed by atoms with Crippen LogP contribution in [0.25, 0.3) is 0 Å². The van der Waals surface area contributed by atoms with Crippen LogP contribution in [-0.2, 0) is 0 Å². The van der Waals surface area contributed by atoms with Gasteiger partial charge < -0.3 is 10.4 Å². The van der Waals surface area contributed by atoms with Crippen LogP contribution in [0.4, 0.5) is 0 Å². The Morgan fingerprint density at radius 2 is 2.25 bits per heavy atom. The lowest BCUT2D eigenvalue weighted by Gasteiger charge is -2.18. The van der Waals surface area contributed by atoms with Crippen molar-refractivity contribution < 1.29 is 9.90 Å². The summed E-state index contributed by atoms with van der Waals surface area (Å²) >= 11 is 3.21. The quantitative estimate of drug-likeness (QED) is 0.827. The number of rotatable bonds is 4. The number of halogens is 1. The highest BCUT2D eigenvalue weighted by molar-refractivity contribution is 9.10. The Morgan fingerprint density at radius 1 is 1.56 bits per heavy atom. The van der Waals surface area contributed by atoms with E-state index in [2.05, 4.69) is 26.2 Å². The highest BCUT2D eigenvalue weighted by Gasteiger charge is 2.15. The van der Waals surface area contributed by atoms with Gasteiger partial charge in [0.25, 0.3) is 5.91 Å². The van der Waals surface area contributed by atoms with Crippen LogP contribution in [-0.4, -0.2) is 28.6 Å². The number of aliphatic hydroxyl groups is 1. The van der Waals surface area contributed by atoms with Gasteiger partial charge in [-0.2, -0.15) is 0 Å². The first-order chi connectivity index (χ1) is 7.54. The van der Waals surface area contributed by atoms with Crippen molar-refractivity contribution >= 4 is 21.8 Å². The number of carbonyl (C=O) groups excluding carboxylic acids is 1.